The van der Waals surface area contributed by atoms with Crippen LogP contribution in [-0.4, -0.2) is 0 Å². The molecule has 0 bridgehead atoms. The molecule has 0 fully saturated rings. The summed E-state index contributed by atoms with van der Waals surface area (Å²) in [5.74, 6) is 2.09. The van der Waals surface area contributed by atoms with Crippen LogP contribution < -0.4 is 0 Å². The Balaban J connectivity index is 2.71. The zero-order valence-corrected chi connectivity index (χ0v) is 6.47. The molecule has 0 amide bonds. The summed E-state index contributed by atoms with van der Waals surface area (Å²) in [6.45, 7) is 0. The highest BCUT2D eigenvalue weighted by atomic mass is 19.1. The Morgan fingerprint density at radius 1 is 1.42 bits per heavy atom. The number of fused-ring (bicyclic) bond motifs is 1. The summed E-state index contributed by atoms with van der Waals surface area (Å²) in [5.41, 5.74) is 2.40. The summed E-state index contributed by atoms with van der Waals surface area (Å²) >= 11 is 0. The van der Waals surface area contributed by atoms with Crippen molar-refractivity contribution in [3.8, 4) is 12.3 Å². The molecule has 0 N–H and O–H groups in total. The van der Waals surface area contributed by atoms with Crippen LogP contribution >= 0.6 is 0 Å². The summed E-state index contributed by atoms with van der Waals surface area (Å²) in [6, 6.07) is 3.18. The molecule has 1 aliphatic rings. The van der Waals surface area contributed by atoms with Crippen molar-refractivity contribution in [2.24, 2.45) is 0 Å². The summed E-state index contributed by atoms with van der Waals surface area (Å²) in [7, 11) is 0. The molecule has 1 aliphatic carbocycles. The largest absolute Gasteiger partial charge is 0.206 e. The van der Waals surface area contributed by atoms with Crippen molar-refractivity contribution in [1.82, 2.24) is 0 Å². The van der Waals surface area contributed by atoms with Crippen molar-refractivity contribution in [3.05, 3.63) is 40.7 Å². The summed E-state index contributed by atoms with van der Waals surface area (Å²) in [4.78, 5) is 0. The molecule has 0 spiro atoms. The van der Waals surface area contributed by atoms with Crippen molar-refractivity contribution < 1.29 is 4.39 Å². The minimum Gasteiger partial charge on any atom is -0.206 e. The van der Waals surface area contributed by atoms with Gasteiger partial charge in [-0.2, -0.15) is 0 Å². The van der Waals surface area contributed by atoms with Gasteiger partial charge in [0.2, 0.25) is 0 Å². The van der Waals surface area contributed by atoms with E-state index >= 15 is 0 Å². The van der Waals surface area contributed by atoms with Gasteiger partial charge in [0.25, 0.3) is 0 Å². The zero-order chi connectivity index (χ0) is 8.55. The van der Waals surface area contributed by atoms with Crippen molar-refractivity contribution in [2.45, 2.75) is 6.42 Å². The van der Waals surface area contributed by atoms with E-state index < -0.39 is 0 Å². The predicted molar refractivity (Wildman–Crippen MR) is 47.1 cm³/mol. The van der Waals surface area contributed by atoms with Crippen molar-refractivity contribution in [2.75, 3.05) is 0 Å². The van der Waals surface area contributed by atoms with Crippen LogP contribution in [0.3, 0.4) is 0 Å². The highest BCUT2D eigenvalue weighted by molar-refractivity contribution is 5.64. The van der Waals surface area contributed by atoms with Gasteiger partial charge in [-0.25, -0.2) is 4.39 Å². The smallest absolute Gasteiger partial charge is 0.139 e. The predicted octanol–water partition coefficient (Wildman–Crippen LogP) is 2.38. The first-order valence-corrected chi connectivity index (χ1v) is 3.77. The topological polar surface area (TPSA) is 0 Å². The minimum absolute atomic E-state index is 0.292. The Morgan fingerprint density at radius 3 is 3.00 bits per heavy atom. The van der Waals surface area contributed by atoms with Gasteiger partial charge in [-0.15, -0.1) is 6.42 Å². The molecule has 58 valence electrons. The van der Waals surface area contributed by atoms with Crippen molar-refractivity contribution in [3.63, 3.8) is 0 Å². The number of terminal acetylenes is 1. The average Bonchev–Trinajstić information content (AvgIpc) is 2.52. The van der Waals surface area contributed by atoms with E-state index in [1.165, 1.54) is 6.07 Å². The fourth-order valence-electron chi connectivity index (χ4n) is 1.47. The van der Waals surface area contributed by atoms with Gasteiger partial charge in [-0.1, -0.05) is 24.1 Å². The van der Waals surface area contributed by atoms with E-state index in [0.29, 0.717) is 5.56 Å². The maximum Gasteiger partial charge on any atom is 0.139 e. The van der Waals surface area contributed by atoms with Crippen LogP contribution in [0.1, 0.15) is 16.7 Å². The molecule has 0 saturated heterocycles. The third-order valence-corrected chi connectivity index (χ3v) is 2.06. The van der Waals surface area contributed by atoms with E-state index in [0.717, 1.165) is 17.5 Å². The molecule has 2 rings (SSSR count). The summed E-state index contributed by atoms with van der Waals surface area (Å²) in [6.07, 6.45) is 9.92. The van der Waals surface area contributed by atoms with E-state index in [1.807, 2.05) is 12.2 Å². The summed E-state index contributed by atoms with van der Waals surface area (Å²) in [5, 5.41) is 0. The van der Waals surface area contributed by atoms with Crippen LogP contribution in [0, 0.1) is 18.2 Å². The fraction of sp³-hybridized carbons (Fsp3) is 0.0909. The molecule has 1 heteroatoms. The van der Waals surface area contributed by atoms with Crippen molar-refractivity contribution >= 4 is 6.08 Å². The Bertz CT molecular complexity index is 394. The molecule has 0 atom stereocenters. The quantitative estimate of drug-likeness (QED) is 0.508. The number of hydrogen-bond acceptors (Lipinski definition) is 0. The van der Waals surface area contributed by atoms with Gasteiger partial charge in [-0.05, 0) is 23.6 Å². The Labute approximate surface area is 70.7 Å². The first kappa shape index (κ1) is 7.12. The van der Waals surface area contributed by atoms with Crippen LogP contribution in [0.25, 0.3) is 6.08 Å². The normalized spacial score (nSPS) is 12.7. The molecular weight excluding hydrogens is 151 g/mol. The molecule has 0 aromatic heterocycles. The number of halogens is 1. The fourth-order valence-corrected chi connectivity index (χ4v) is 1.47. The number of rotatable bonds is 0. The van der Waals surface area contributed by atoms with Crippen LogP contribution in [0.4, 0.5) is 4.39 Å². The number of benzene rings is 1. The third-order valence-electron chi connectivity index (χ3n) is 2.06. The van der Waals surface area contributed by atoms with Crippen LogP contribution in [0.2, 0.25) is 0 Å². The highest BCUT2D eigenvalue weighted by Gasteiger charge is 2.12. The van der Waals surface area contributed by atoms with Crippen molar-refractivity contribution in [1.29, 1.82) is 0 Å². The van der Waals surface area contributed by atoms with Gasteiger partial charge in [0.1, 0.15) is 5.82 Å². The molecule has 12 heavy (non-hydrogen) atoms. The molecule has 0 heterocycles. The molecule has 0 aliphatic heterocycles. The Kier molecular flexibility index (Phi) is 1.48. The van der Waals surface area contributed by atoms with Gasteiger partial charge < -0.3 is 0 Å². The Hall–Kier alpha value is -1.55. The van der Waals surface area contributed by atoms with Gasteiger partial charge in [0.15, 0.2) is 0 Å². The van der Waals surface area contributed by atoms with Gasteiger partial charge in [0.05, 0.1) is 5.56 Å². The molecule has 1 aromatic rings. The van der Waals surface area contributed by atoms with E-state index in [-0.39, 0.29) is 5.82 Å². The lowest BCUT2D eigenvalue weighted by Crippen LogP contribution is -1.92. The first-order valence-electron chi connectivity index (χ1n) is 3.77. The molecule has 0 saturated carbocycles. The van der Waals surface area contributed by atoms with Gasteiger partial charge in [-0.3, -0.25) is 0 Å². The zero-order valence-electron chi connectivity index (χ0n) is 6.47. The highest BCUT2D eigenvalue weighted by Crippen LogP contribution is 2.24. The second kappa shape index (κ2) is 2.49. The molecule has 0 nitrogen and oxygen atoms in total. The summed E-state index contributed by atoms with van der Waals surface area (Å²) < 4.78 is 13.1. The van der Waals surface area contributed by atoms with E-state index in [2.05, 4.69) is 5.92 Å². The van der Waals surface area contributed by atoms with E-state index in [1.54, 1.807) is 6.07 Å². The second-order valence-corrected chi connectivity index (χ2v) is 2.74. The molecule has 0 radical (unpaired) electrons. The van der Waals surface area contributed by atoms with E-state index in [9.17, 15) is 4.39 Å². The van der Waals surface area contributed by atoms with Crippen LogP contribution in [0.5, 0.6) is 0 Å². The lowest BCUT2D eigenvalue weighted by Gasteiger charge is -2.02. The third kappa shape index (κ3) is 0.853. The lowest BCUT2D eigenvalue weighted by molar-refractivity contribution is 0.622. The Morgan fingerprint density at radius 2 is 2.25 bits per heavy atom. The second-order valence-electron chi connectivity index (χ2n) is 2.74. The van der Waals surface area contributed by atoms with Gasteiger partial charge >= 0.3 is 0 Å². The number of allylic oxidation sites excluding steroid dienone is 1. The number of hydrogen-bond donors (Lipinski definition) is 0. The van der Waals surface area contributed by atoms with E-state index in [4.69, 9.17) is 6.42 Å². The van der Waals surface area contributed by atoms with Gasteiger partial charge in [0, 0.05) is 0 Å². The SMILES string of the molecule is C#Cc1c(F)ccc2c1CC=C2. The molecule has 0 unspecified atom stereocenters. The lowest BCUT2D eigenvalue weighted by atomic mass is 10.0. The first-order chi connectivity index (χ1) is 5.83. The average molecular weight is 158 g/mol. The monoisotopic (exact) mass is 158 g/mol. The maximum atomic E-state index is 13.1. The van der Waals surface area contributed by atoms with Crippen LogP contribution in [-0.2, 0) is 6.42 Å². The van der Waals surface area contributed by atoms with Crippen LogP contribution in [0.15, 0.2) is 18.2 Å². The molecular formula is C11H7F. The minimum atomic E-state index is -0.292. The standard InChI is InChI=1S/C11H7F/c1-2-9-10-5-3-4-8(10)6-7-11(9)12/h1,3-4,6-7H,5H2. The molecule has 1 aromatic carbocycles. The maximum absolute atomic E-state index is 13.1.